The number of ether oxygens (including phenoxy) is 19. The number of hydrogen-bond donors (Lipinski definition) is 0. The first-order valence-electron chi connectivity index (χ1n) is 29.2. The first kappa shape index (κ1) is 68.6. The quantitative estimate of drug-likeness (QED) is 0.0476. The maximum atomic E-state index is 12.7. The van der Waals surface area contributed by atoms with Crippen LogP contribution in [0.25, 0.3) is 0 Å². The van der Waals surface area contributed by atoms with Crippen LogP contribution >= 0.6 is 0 Å². The fraction of sp³-hybridized carbons (Fsp3) is 0.860. The zero-order valence-electron chi connectivity index (χ0n) is 50.0. The second-order valence-electron chi connectivity index (χ2n) is 22.9. The van der Waals surface area contributed by atoms with Gasteiger partial charge in [-0.15, -0.1) is 0 Å². The summed E-state index contributed by atoms with van der Waals surface area (Å²) in [5.74, 6) is -9.43. The van der Waals surface area contributed by atoms with E-state index in [-0.39, 0.29) is 162 Å². The van der Waals surface area contributed by atoms with Gasteiger partial charge in [0.25, 0.3) is 0 Å². The lowest BCUT2D eigenvalue weighted by Gasteiger charge is -2.24. The first-order valence-corrected chi connectivity index (χ1v) is 29.2. The summed E-state index contributed by atoms with van der Waals surface area (Å²) in [6.45, 7) is 14.6. The number of carbonyl (C=O) groups is 8. The zero-order valence-corrected chi connectivity index (χ0v) is 50.0. The van der Waals surface area contributed by atoms with Crippen molar-refractivity contribution in [2.24, 2.45) is 0 Å². The Morgan fingerprint density at radius 2 is 0.500 bits per heavy atom. The molecule has 27 nitrogen and oxygen atoms in total. The lowest BCUT2D eigenvalue weighted by molar-refractivity contribution is -0.182. The third-order valence-corrected chi connectivity index (χ3v) is 14.7. The molecule has 6 aliphatic heterocycles. The van der Waals surface area contributed by atoms with Crippen molar-refractivity contribution >= 4 is 47.6 Å². The van der Waals surface area contributed by atoms with E-state index in [0.29, 0.717) is 38.7 Å². The minimum Gasteiger partial charge on any atom is -0.466 e. The van der Waals surface area contributed by atoms with Gasteiger partial charge in [0.05, 0.1) is 78.4 Å². The molecule has 6 heterocycles. The molecule has 0 amide bonds. The monoisotopic (exact) mass is 1200 g/mol. The number of rotatable bonds is 36. The molecule has 84 heavy (non-hydrogen) atoms. The molecule has 0 aromatic carbocycles. The van der Waals surface area contributed by atoms with E-state index >= 15 is 0 Å². The summed E-state index contributed by atoms with van der Waals surface area (Å²) < 4.78 is 108. The van der Waals surface area contributed by atoms with Gasteiger partial charge in [-0.3, -0.25) is 33.6 Å². The van der Waals surface area contributed by atoms with Crippen molar-refractivity contribution in [2.75, 3.05) is 85.9 Å². The Bertz CT molecular complexity index is 2210. The summed E-state index contributed by atoms with van der Waals surface area (Å²) in [6.07, 6.45) is -0.243. The summed E-state index contributed by atoms with van der Waals surface area (Å²) in [5.41, 5.74) is 0. The van der Waals surface area contributed by atoms with Gasteiger partial charge in [0.15, 0.2) is 34.7 Å². The number of Topliss-reactive ketones (excluding diaryl/α,β-unsaturated/α-hetero) is 1. The van der Waals surface area contributed by atoms with Crippen molar-refractivity contribution in [3.63, 3.8) is 0 Å². The van der Waals surface area contributed by atoms with Crippen molar-refractivity contribution in [3.8, 4) is 0 Å². The van der Waals surface area contributed by atoms with Crippen LogP contribution in [0.3, 0.4) is 0 Å². The molecule has 0 saturated carbocycles. The predicted molar refractivity (Wildman–Crippen MR) is 282 cm³/mol. The Morgan fingerprint density at radius 3 is 0.702 bits per heavy atom. The van der Waals surface area contributed by atoms with Crippen molar-refractivity contribution in [1.82, 2.24) is 0 Å². The van der Waals surface area contributed by atoms with Crippen LogP contribution < -0.4 is 0 Å². The Balaban J connectivity index is 0.726. The highest BCUT2D eigenvalue weighted by atomic mass is 16.8. The molecule has 27 heteroatoms. The minimum atomic E-state index is -1.12. The molecule has 6 saturated heterocycles. The number of hydrogen-bond acceptors (Lipinski definition) is 27. The maximum Gasteiger partial charge on any atom is 0.306 e. The van der Waals surface area contributed by atoms with Gasteiger partial charge in [0, 0.05) is 57.8 Å². The normalized spacial score (nSPS) is 32.7. The zero-order chi connectivity index (χ0) is 61.0. The van der Waals surface area contributed by atoms with Gasteiger partial charge in [0.2, 0.25) is 0 Å². The SMILES string of the molecule is CCOC(=O)CCC1(C)OCC(COC(=O)CCC2(C)OCC(COC(=O)CCC3(C)OCC(COC(=O)CCC4(C)OCC(COC(=O)CCCCC(=O)OCC5COC(C)(CCC(=O)OCC6COC(C)(CCC(C)=O)O6)O5)O4)O3)O2)O1. The van der Waals surface area contributed by atoms with Gasteiger partial charge >= 0.3 is 41.8 Å². The van der Waals surface area contributed by atoms with E-state index in [9.17, 15) is 38.4 Å². The lowest BCUT2D eigenvalue weighted by Crippen LogP contribution is -2.31. The summed E-state index contributed by atoms with van der Waals surface area (Å²) >= 11 is 0. The average molecular weight is 1210 g/mol. The van der Waals surface area contributed by atoms with Crippen LogP contribution in [0, 0.1) is 0 Å². The van der Waals surface area contributed by atoms with Gasteiger partial charge in [-0.2, -0.15) is 0 Å². The largest absolute Gasteiger partial charge is 0.466 e. The van der Waals surface area contributed by atoms with E-state index < -0.39 is 107 Å². The molecular weight excluding hydrogens is 1120 g/mol. The van der Waals surface area contributed by atoms with Crippen molar-refractivity contribution in [1.29, 1.82) is 0 Å². The second kappa shape index (κ2) is 31.9. The van der Waals surface area contributed by atoms with E-state index in [1.807, 2.05) is 0 Å². The summed E-state index contributed by atoms with van der Waals surface area (Å²) in [5, 5.41) is 0. The van der Waals surface area contributed by atoms with Gasteiger partial charge in [-0.05, 0) is 68.2 Å². The third-order valence-electron chi connectivity index (χ3n) is 14.7. The number of carbonyl (C=O) groups excluding carboxylic acids is 8. The topological polar surface area (TPSA) is 312 Å². The van der Waals surface area contributed by atoms with Gasteiger partial charge in [0.1, 0.15) is 82.0 Å². The van der Waals surface area contributed by atoms with E-state index in [2.05, 4.69) is 0 Å². The van der Waals surface area contributed by atoms with Crippen LogP contribution in [0.4, 0.5) is 0 Å². The molecule has 12 atom stereocenters. The molecule has 0 radical (unpaired) electrons. The van der Waals surface area contributed by atoms with Crippen molar-refractivity contribution in [2.45, 2.75) is 229 Å². The van der Waals surface area contributed by atoms with Crippen LogP contribution in [-0.4, -0.2) is 205 Å². The summed E-state index contributed by atoms with van der Waals surface area (Å²) in [6, 6.07) is 0. The van der Waals surface area contributed by atoms with E-state index in [1.54, 1.807) is 48.5 Å². The Labute approximate surface area is 490 Å². The van der Waals surface area contributed by atoms with Crippen LogP contribution in [0.1, 0.15) is 158 Å². The molecule has 0 aromatic rings. The Kier molecular flexibility index (Phi) is 26.1. The predicted octanol–water partition coefficient (Wildman–Crippen LogP) is 4.43. The number of unbranched alkanes of at least 4 members (excludes halogenated alkanes) is 1. The smallest absolute Gasteiger partial charge is 0.306 e. The fourth-order valence-electron chi connectivity index (χ4n) is 9.79. The highest BCUT2D eigenvalue weighted by molar-refractivity contribution is 5.75. The van der Waals surface area contributed by atoms with Crippen LogP contribution in [0.15, 0.2) is 0 Å². The highest BCUT2D eigenvalue weighted by Gasteiger charge is 2.44. The second-order valence-corrected chi connectivity index (χ2v) is 22.9. The van der Waals surface area contributed by atoms with Crippen molar-refractivity contribution in [3.05, 3.63) is 0 Å². The number of esters is 7. The molecule has 0 aromatic heterocycles. The van der Waals surface area contributed by atoms with Gasteiger partial charge < -0.3 is 94.8 Å². The van der Waals surface area contributed by atoms with E-state index in [1.165, 1.54) is 6.92 Å². The molecular formula is C57H88O27. The molecule has 0 N–H and O–H groups in total. The average Bonchev–Trinajstić information content (AvgIpc) is 4.54. The number of ketones is 1. The lowest BCUT2D eigenvalue weighted by atomic mass is 10.1. The van der Waals surface area contributed by atoms with Crippen LogP contribution in [-0.2, 0) is 128 Å². The van der Waals surface area contributed by atoms with Gasteiger partial charge in [-0.25, -0.2) is 0 Å². The van der Waals surface area contributed by atoms with Crippen LogP contribution in [0.5, 0.6) is 0 Å². The fourth-order valence-corrected chi connectivity index (χ4v) is 9.79. The molecule has 478 valence electrons. The molecule has 0 bridgehead atoms. The highest BCUT2D eigenvalue weighted by Crippen LogP contribution is 2.34. The minimum absolute atomic E-state index is 0.00532. The van der Waals surface area contributed by atoms with Crippen molar-refractivity contribution < 1.29 is 128 Å². The first-order chi connectivity index (χ1) is 39.7. The molecule has 0 spiro atoms. The van der Waals surface area contributed by atoms with E-state index in [0.717, 1.165) is 0 Å². The summed E-state index contributed by atoms with van der Waals surface area (Å²) in [4.78, 5) is 98.4. The van der Waals surface area contributed by atoms with E-state index in [4.69, 9.17) is 90.0 Å². The molecule has 0 aliphatic carbocycles. The standard InChI is InChI=1S/C57H88O27/c1-9-66-47(61)15-21-53(4)74-35-42(82-53)29-70-50(64)18-24-56(7)77-37-44(84-56)31-72-51(65)19-25-57(8)78-36-43(83-57)30-71-49(63)17-23-55(6)76-34-40(81-55)27-68-46(60)13-11-10-12-45(59)67-26-39-33-75-54(5,80-39)22-16-48(62)69-28-41-32-73-52(3,79-41)20-14-38(2)58/h39-44H,9-37H2,1-8H3. The maximum absolute atomic E-state index is 12.7. The van der Waals surface area contributed by atoms with Gasteiger partial charge in [-0.1, -0.05) is 0 Å². The Hall–Kier alpha value is -4.52. The molecule has 12 unspecified atom stereocenters. The molecule has 6 aliphatic rings. The Morgan fingerprint density at radius 1 is 0.310 bits per heavy atom. The summed E-state index contributed by atoms with van der Waals surface area (Å²) in [7, 11) is 0. The molecule has 6 rings (SSSR count). The molecule has 6 fully saturated rings. The third kappa shape index (κ3) is 24.0. The van der Waals surface area contributed by atoms with Crippen LogP contribution in [0.2, 0.25) is 0 Å².